The molecule has 0 spiro atoms. The standard InChI is InChI=1S/C20H20ClN3O3S2/c21-19-16(5-3-8-22-19)27-13-14-12-24(9-10-26-14)18(25)7-11-28-20-23-15-4-1-2-6-17(15)29-20/h1-6,8,14H,7,9-13H2. The van der Waals surface area contributed by atoms with Gasteiger partial charge >= 0.3 is 0 Å². The van der Waals surface area contributed by atoms with Crippen molar-refractivity contribution in [2.45, 2.75) is 16.9 Å². The first-order chi connectivity index (χ1) is 14.2. The van der Waals surface area contributed by atoms with Gasteiger partial charge in [-0.1, -0.05) is 35.5 Å². The summed E-state index contributed by atoms with van der Waals surface area (Å²) in [4.78, 5) is 23.0. The van der Waals surface area contributed by atoms with Gasteiger partial charge in [-0.2, -0.15) is 0 Å². The van der Waals surface area contributed by atoms with Crippen LogP contribution in [-0.4, -0.2) is 58.9 Å². The summed E-state index contributed by atoms with van der Waals surface area (Å²) in [5.74, 6) is 1.36. The van der Waals surface area contributed by atoms with Gasteiger partial charge in [0.25, 0.3) is 0 Å². The van der Waals surface area contributed by atoms with Crippen molar-refractivity contribution in [1.82, 2.24) is 14.9 Å². The number of fused-ring (bicyclic) bond motifs is 1. The van der Waals surface area contributed by atoms with Crippen LogP contribution in [0.25, 0.3) is 10.2 Å². The average molecular weight is 450 g/mol. The van der Waals surface area contributed by atoms with Gasteiger partial charge in [-0.3, -0.25) is 4.79 Å². The van der Waals surface area contributed by atoms with Crippen molar-refractivity contribution < 1.29 is 14.3 Å². The first-order valence-corrected chi connectivity index (χ1v) is 11.5. The van der Waals surface area contributed by atoms with Crippen LogP contribution in [0.1, 0.15) is 6.42 Å². The molecule has 1 amide bonds. The van der Waals surface area contributed by atoms with Crippen LogP contribution in [0.15, 0.2) is 46.9 Å². The second-order valence-corrected chi connectivity index (χ2v) is 9.21. The van der Waals surface area contributed by atoms with Gasteiger partial charge in [0.1, 0.15) is 12.7 Å². The zero-order chi connectivity index (χ0) is 20.1. The van der Waals surface area contributed by atoms with E-state index in [2.05, 4.69) is 16.0 Å². The maximum atomic E-state index is 12.6. The minimum atomic E-state index is -0.180. The second-order valence-electron chi connectivity index (χ2n) is 6.48. The van der Waals surface area contributed by atoms with E-state index in [0.717, 1.165) is 9.86 Å². The van der Waals surface area contributed by atoms with Gasteiger partial charge in [-0.05, 0) is 24.3 Å². The number of morpholine rings is 1. The number of carbonyl (C=O) groups is 1. The Morgan fingerprint density at radius 3 is 3.10 bits per heavy atom. The highest BCUT2D eigenvalue weighted by Crippen LogP contribution is 2.29. The number of benzene rings is 1. The molecule has 152 valence electrons. The fraction of sp³-hybridized carbons (Fsp3) is 0.350. The number of aromatic nitrogens is 2. The number of amides is 1. The van der Waals surface area contributed by atoms with Crippen molar-refractivity contribution >= 4 is 50.8 Å². The zero-order valence-electron chi connectivity index (χ0n) is 15.6. The number of para-hydroxylation sites is 1. The Balaban J connectivity index is 1.23. The molecular formula is C20H20ClN3O3S2. The third kappa shape index (κ3) is 5.39. The minimum Gasteiger partial charge on any atom is -0.488 e. The molecule has 0 radical (unpaired) electrons. The lowest BCUT2D eigenvalue weighted by atomic mass is 10.2. The summed E-state index contributed by atoms with van der Waals surface area (Å²) in [6.45, 7) is 1.96. The lowest BCUT2D eigenvalue weighted by molar-refractivity contribution is -0.139. The van der Waals surface area contributed by atoms with Gasteiger partial charge < -0.3 is 14.4 Å². The Morgan fingerprint density at radius 2 is 2.24 bits per heavy atom. The summed E-state index contributed by atoms with van der Waals surface area (Å²) >= 11 is 9.30. The predicted octanol–water partition coefficient (Wildman–Crippen LogP) is 4.13. The van der Waals surface area contributed by atoms with Crippen molar-refractivity contribution in [3.8, 4) is 5.75 Å². The topological polar surface area (TPSA) is 64.6 Å². The number of halogens is 1. The highest BCUT2D eigenvalue weighted by molar-refractivity contribution is 8.01. The van der Waals surface area contributed by atoms with Gasteiger partial charge in [-0.25, -0.2) is 9.97 Å². The van der Waals surface area contributed by atoms with E-state index in [-0.39, 0.29) is 12.0 Å². The predicted molar refractivity (Wildman–Crippen MR) is 116 cm³/mol. The summed E-state index contributed by atoms with van der Waals surface area (Å²) in [7, 11) is 0. The second kappa shape index (κ2) is 9.75. The lowest BCUT2D eigenvalue weighted by Crippen LogP contribution is -2.47. The fourth-order valence-electron chi connectivity index (χ4n) is 3.00. The maximum Gasteiger partial charge on any atom is 0.223 e. The SMILES string of the molecule is O=C(CCSc1nc2ccccc2s1)N1CCOC(COc2cccnc2Cl)C1. The number of nitrogens with zero attached hydrogens (tertiary/aromatic N) is 3. The molecule has 3 aromatic rings. The quantitative estimate of drug-likeness (QED) is 0.399. The number of thiazole rings is 1. The van der Waals surface area contributed by atoms with Crippen LogP contribution in [0.3, 0.4) is 0 Å². The third-order valence-electron chi connectivity index (χ3n) is 4.46. The van der Waals surface area contributed by atoms with Crippen molar-refractivity contribution in [1.29, 1.82) is 0 Å². The summed E-state index contributed by atoms with van der Waals surface area (Å²) in [5.41, 5.74) is 1.01. The molecular weight excluding hydrogens is 430 g/mol. The Morgan fingerprint density at radius 1 is 1.34 bits per heavy atom. The highest BCUT2D eigenvalue weighted by atomic mass is 35.5. The first-order valence-electron chi connectivity index (χ1n) is 9.30. The molecule has 0 aliphatic carbocycles. The fourth-order valence-corrected chi connectivity index (χ4v) is 5.25. The summed E-state index contributed by atoms with van der Waals surface area (Å²) in [6, 6.07) is 11.6. The van der Waals surface area contributed by atoms with Gasteiger partial charge in [0.15, 0.2) is 15.2 Å². The van der Waals surface area contributed by atoms with Crippen LogP contribution in [0, 0.1) is 0 Å². The van der Waals surface area contributed by atoms with E-state index < -0.39 is 0 Å². The largest absolute Gasteiger partial charge is 0.488 e. The molecule has 2 aromatic heterocycles. The molecule has 4 rings (SSSR count). The van der Waals surface area contributed by atoms with E-state index >= 15 is 0 Å². The number of hydrogen-bond acceptors (Lipinski definition) is 7. The molecule has 1 fully saturated rings. The van der Waals surface area contributed by atoms with Gasteiger partial charge in [0.05, 0.1) is 23.4 Å². The Bertz CT molecular complexity index is 951. The monoisotopic (exact) mass is 449 g/mol. The number of thioether (sulfide) groups is 1. The molecule has 0 saturated carbocycles. The lowest BCUT2D eigenvalue weighted by Gasteiger charge is -2.33. The molecule has 1 aliphatic heterocycles. The number of pyridine rings is 1. The van der Waals surface area contributed by atoms with Crippen LogP contribution in [-0.2, 0) is 9.53 Å². The van der Waals surface area contributed by atoms with E-state index in [4.69, 9.17) is 21.1 Å². The van der Waals surface area contributed by atoms with Crippen molar-refractivity contribution in [3.63, 3.8) is 0 Å². The Labute approximate surface area is 182 Å². The molecule has 1 aliphatic rings. The van der Waals surface area contributed by atoms with Crippen molar-refractivity contribution in [2.75, 3.05) is 32.1 Å². The molecule has 1 saturated heterocycles. The maximum absolute atomic E-state index is 12.6. The van der Waals surface area contributed by atoms with Crippen LogP contribution in [0.4, 0.5) is 0 Å². The van der Waals surface area contributed by atoms with Gasteiger partial charge in [-0.15, -0.1) is 11.3 Å². The molecule has 1 atom stereocenters. The van der Waals surface area contributed by atoms with Gasteiger partial charge in [0, 0.05) is 24.9 Å². The van der Waals surface area contributed by atoms with Crippen LogP contribution < -0.4 is 4.74 Å². The first kappa shape index (κ1) is 20.4. The summed E-state index contributed by atoms with van der Waals surface area (Å²) in [6.07, 6.45) is 1.91. The van der Waals surface area contributed by atoms with Gasteiger partial charge in [0.2, 0.25) is 5.91 Å². The number of carbonyl (C=O) groups excluding carboxylic acids is 1. The zero-order valence-corrected chi connectivity index (χ0v) is 18.0. The van der Waals surface area contributed by atoms with E-state index in [9.17, 15) is 4.79 Å². The van der Waals surface area contributed by atoms with Crippen LogP contribution in [0.5, 0.6) is 5.75 Å². The smallest absolute Gasteiger partial charge is 0.223 e. The molecule has 3 heterocycles. The molecule has 0 bridgehead atoms. The molecule has 6 nitrogen and oxygen atoms in total. The Kier molecular flexibility index (Phi) is 6.86. The van der Waals surface area contributed by atoms with Crippen LogP contribution in [0.2, 0.25) is 5.15 Å². The third-order valence-corrected chi connectivity index (χ3v) is 6.92. The number of ether oxygens (including phenoxy) is 2. The molecule has 9 heteroatoms. The number of hydrogen-bond donors (Lipinski definition) is 0. The molecule has 0 N–H and O–H groups in total. The van der Waals surface area contributed by atoms with Crippen molar-refractivity contribution in [3.05, 3.63) is 47.7 Å². The van der Waals surface area contributed by atoms with E-state index in [1.54, 1.807) is 41.4 Å². The molecule has 1 aromatic carbocycles. The summed E-state index contributed by atoms with van der Waals surface area (Å²) in [5, 5.41) is 0.322. The molecule has 29 heavy (non-hydrogen) atoms. The normalized spacial score (nSPS) is 16.9. The summed E-state index contributed by atoms with van der Waals surface area (Å²) < 4.78 is 13.6. The van der Waals surface area contributed by atoms with Crippen LogP contribution >= 0.6 is 34.7 Å². The molecule has 1 unspecified atom stereocenters. The minimum absolute atomic E-state index is 0.131. The highest BCUT2D eigenvalue weighted by Gasteiger charge is 2.25. The number of rotatable bonds is 7. The van der Waals surface area contributed by atoms with E-state index in [0.29, 0.717) is 49.4 Å². The van der Waals surface area contributed by atoms with Crippen molar-refractivity contribution in [2.24, 2.45) is 0 Å². The van der Waals surface area contributed by atoms with E-state index in [1.807, 2.05) is 23.1 Å². The average Bonchev–Trinajstić information content (AvgIpc) is 3.16. The van der Waals surface area contributed by atoms with E-state index in [1.165, 1.54) is 4.70 Å². The Hall–Kier alpha value is -1.87.